The van der Waals surface area contributed by atoms with E-state index < -0.39 is 24.1 Å². The first-order valence-electron chi connectivity index (χ1n) is 27.6. The summed E-state index contributed by atoms with van der Waals surface area (Å²) in [6, 6.07) is 39.5. The van der Waals surface area contributed by atoms with Gasteiger partial charge in [0.25, 0.3) is 0 Å². The molecule has 2 aliphatic carbocycles. The summed E-state index contributed by atoms with van der Waals surface area (Å²) in [6.07, 6.45) is 9.12. The Balaban J connectivity index is 0.000000226. The maximum Gasteiger partial charge on any atom is 0.335 e. The minimum absolute atomic E-state index is 0.0167. The van der Waals surface area contributed by atoms with Crippen LogP contribution in [-0.2, 0) is 46.3 Å². The first-order chi connectivity index (χ1) is 36.5. The predicted octanol–water partition coefficient (Wildman–Crippen LogP) is 14.7. The fourth-order valence-electron chi connectivity index (χ4n) is 11.6. The molecule has 0 bridgehead atoms. The maximum atomic E-state index is 11.4. The Morgan fingerprint density at radius 2 is 1.03 bits per heavy atom. The Labute approximate surface area is 465 Å². The molecule has 4 N–H and O–H groups in total. The summed E-state index contributed by atoms with van der Waals surface area (Å²) in [5, 5.41) is 40.8. The van der Waals surface area contributed by atoms with Crippen LogP contribution in [0, 0.1) is 11.8 Å². The van der Waals surface area contributed by atoms with E-state index in [1.807, 2.05) is 6.08 Å². The number of aliphatic hydroxyl groups is 2. The lowest BCUT2D eigenvalue weighted by Gasteiger charge is -2.44. The van der Waals surface area contributed by atoms with Gasteiger partial charge in [0, 0.05) is 45.1 Å². The van der Waals surface area contributed by atoms with Crippen molar-refractivity contribution >= 4 is 29.4 Å². The molecule has 410 valence electrons. The second-order valence-corrected chi connectivity index (χ2v) is 25.6. The first kappa shape index (κ1) is 58.8. The Hall–Kier alpha value is -6.92. The number of hydrogen-bond donors (Lipinski definition) is 4. The van der Waals surface area contributed by atoms with Crippen LogP contribution in [0.1, 0.15) is 195 Å². The minimum atomic E-state index is -0.967. The number of hydrogen-bond acceptors (Lipinski definition) is 6. The monoisotopic (exact) mass is 1050 g/mol. The molecule has 6 aromatic rings. The number of aromatic carboxylic acids is 2. The van der Waals surface area contributed by atoms with E-state index >= 15 is 0 Å². The minimum Gasteiger partial charge on any atom is -0.478 e. The largest absolute Gasteiger partial charge is 0.478 e. The predicted molar refractivity (Wildman–Crippen MR) is 322 cm³/mol. The number of benzene rings is 6. The SMILES string of the molecule is CN(C)c1ccc(C(C)(C)Cc2cc(C(O)C=Cc3ccc(C(=O)O)cc3)cc3c2C(C)(C)CCC3(C)C)cc1.CN(C)c1ccc(CCc2cc(C(O)C#Cc3ccc(C(=O)O)cc3)cc3c2C(C)(C)CCC3(C)C)cc1. The molecule has 0 aliphatic heterocycles. The van der Waals surface area contributed by atoms with E-state index in [0.717, 1.165) is 61.6 Å². The van der Waals surface area contributed by atoms with Crippen molar-refractivity contribution in [1.29, 1.82) is 0 Å². The van der Waals surface area contributed by atoms with Crippen molar-refractivity contribution in [3.05, 3.63) is 205 Å². The van der Waals surface area contributed by atoms with Crippen LogP contribution in [0.4, 0.5) is 11.4 Å². The molecule has 0 spiro atoms. The van der Waals surface area contributed by atoms with Crippen LogP contribution in [0.25, 0.3) is 6.08 Å². The summed E-state index contributed by atoms with van der Waals surface area (Å²) in [7, 11) is 8.23. The maximum absolute atomic E-state index is 11.4. The van der Waals surface area contributed by atoms with Crippen LogP contribution in [0.2, 0.25) is 0 Å². The van der Waals surface area contributed by atoms with Gasteiger partial charge in [-0.15, -0.1) is 0 Å². The normalized spacial score (nSPS) is 16.5. The fourth-order valence-corrected chi connectivity index (χ4v) is 11.6. The number of fused-ring (bicyclic) bond motifs is 2. The molecule has 0 radical (unpaired) electrons. The highest BCUT2D eigenvalue weighted by Crippen LogP contribution is 2.50. The van der Waals surface area contributed by atoms with Gasteiger partial charge in [0.15, 0.2) is 0 Å². The van der Waals surface area contributed by atoms with Crippen LogP contribution >= 0.6 is 0 Å². The molecule has 2 aliphatic rings. The number of aryl methyl sites for hydroxylation is 2. The number of carbonyl (C=O) groups is 2. The van der Waals surface area contributed by atoms with Crippen molar-refractivity contribution in [3.63, 3.8) is 0 Å². The highest BCUT2D eigenvalue weighted by atomic mass is 16.4. The third-order valence-electron chi connectivity index (χ3n) is 16.8. The highest BCUT2D eigenvalue weighted by Gasteiger charge is 2.41. The summed E-state index contributed by atoms with van der Waals surface area (Å²) < 4.78 is 0. The van der Waals surface area contributed by atoms with Gasteiger partial charge in [-0.1, -0.05) is 154 Å². The fraction of sp³-hybridized carbons (Fsp3) is 0.400. The van der Waals surface area contributed by atoms with Crippen LogP contribution < -0.4 is 9.80 Å². The molecule has 0 aromatic heterocycles. The molecule has 0 saturated heterocycles. The molecule has 8 rings (SSSR count). The zero-order valence-electron chi connectivity index (χ0n) is 48.8. The Morgan fingerprint density at radius 3 is 1.53 bits per heavy atom. The van der Waals surface area contributed by atoms with Gasteiger partial charge in [-0.3, -0.25) is 0 Å². The van der Waals surface area contributed by atoms with E-state index in [1.54, 1.807) is 42.5 Å². The van der Waals surface area contributed by atoms with E-state index in [2.05, 4.69) is 192 Å². The number of nitrogens with zero attached hydrogens (tertiary/aromatic N) is 2. The smallest absolute Gasteiger partial charge is 0.335 e. The highest BCUT2D eigenvalue weighted by molar-refractivity contribution is 5.88. The Morgan fingerprint density at radius 1 is 0.577 bits per heavy atom. The van der Waals surface area contributed by atoms with Crippen LogP contribution in [-0.4, -0.2) is 60.6 Å². The summed E-state index contributed by atoms with van der Waals surface area (Å²) in [4.78, 5) is 26.5. The summed E-state index contributed by atoms with van der Waals surface area (Å²) in [5.41, 5.74) is 16.9. The summed E-state index contributed by atoms with van der Waals surface area (Å²) in [5.74, 6) is 4.10. The third-order valence-corrected chi connectivity index (χ3v) is 16.8. The first-order valence-corrected chi connectivity index (χ1v) is 27.6. The third kappa shape index (κ3) is 13.7. The zero-order valence-corrected chi connectivity index (χ0v) is 48.8. The van der Waals surface area contributed by atoms with Crippen molar-refractivity contribution in [2.45, 2.75) is 153 Å². The average molecular weight is 1050 g/mol. The van der Waals surface area contributed by atoms with Crippen molar-refractivity contribution in [2.75, 3.05) is 38.0 Å². The van der Waals surface area contributed by atoms with Gasteiger partial charge in [-0.05, 0) is 194 Å². The molecule has 78 heavy (non-hydrogen) atoms. The van der Waals surface area contributed by atoms with Crippen molar-refractivity contribution in [2.24, 2.45) is 0 Å². The quantitative estimate of drug-likeness (QED) is 0.0796. The molecular weight excluding hydrogens is 965 g/mol. The van der Waals surface area contributed by atoms with E-state index in [9.17, 15) is 24.9 Å². The molecule has 0 amide bonds. The lowest BCUT2D eigenvalue weighted by molar-refractivity contribution is 0.0686. The molecule has 8 nitrogen and oxygen atoms in total. The van der Waals surface area contributed by atoms with Crippen molar-refractivity contribution in [1.82, 2.24) is 0 Å². The summed E-state index contributed by atoms with van der Waals surface area (Å²) >= 11 is 0. The topological polar surface area (TPSA) is 122 Å². The van der Waals surface area contributed by atoms with Gasteiger partial charge in [0.2, 0.25) is 0 Å². The number of rotatable bonds is 14. The summed E-state index contributed by atoms with van der Waals surface area (Å²) in [6.45, 7) is 23.3. The van der Waals surface area contributed by atoms with E-state index in [0.29, 0.717) is 5.56 Å². The lowest BCUT2D eigenvalue weighted by Crippen LogP contribution is -2.36. The second kappa shape index (κ2) is 23.2. The van der Waals surface area contributed by atoms with Crippen LogP contribution in [0.15, 0.2) is 127 Å². The Bertz CT molecular complexity index is 3200. The van der Waals surface area contributed by atoms with Crippen molar-refractivity contribution < 1.29 is 30.0 Å². The number of carboxylic acid groups (broad SMARTS) is 2. The van der Waals surface area contributed by atoms with Gasteiger partial charge in [0.05, 0.1) is 17.2 Å². The van der Waals surface area contributed by atoms with Gasteiger partial charge in [-0.25, -0.2) is 9.59 Å². The number of anilines is 2. The van der Waals surface area contributed by atoms with Gasteiger partial charge in [0.1, 0.15) is 6.10 Å². The molecule has 0 fully saturated rings. The second-order valence-electron chi connectivity index (χ2n) is 25.6. The molecule has 0 heterocycles. The van der Waals surface area contributed by atoms with E-state index in [1.165, 1.54) is 68.0 Å². The zero-order chi connectivity index (χ0) is 57.1. The van der Waals surface area contributed by atoms with Gasteiger partial charge < -0.3 is 30.2 Å². The molecule has 8 heteroatoms. The molecular formula is C70H84N2O6. The Kier molecular flexibility index (Phi) is 17.5. The standard InChI is InChI=1S/C36H45NO3.C34H39NO3/c1-34(2)19-20-35(3,4)32-27(23-36(5,6)28-14-16-29(17-15-28)37(7)8)21-26(22-30(32)34)31(38)18-11-24-9-12-25(13-10-24)33(39)40;1-33(2)19-20-34(3,4)31-26(15-9-24-10-16-28(17-11-24)35(5)6)21-27(22-29(31)33)30(36)18-12-23-7-13-25(14-8-23)32(37)38/h9-18,21-22,31,38H,19-20,23H2,1-8H3,(H,39,40);7-8,10-11,13-14,16-17,21-22,30,36H,9,15,19-20H2,1-6H3,(H,37,38). The van der Waals surface area contributed by atoms with E-state index in [-0.39, 0.29) is 38.2 Å². The molecule has 0 saturated carbocycles. The molecule has 2 unspecified atom stereocenters. The van der Waals surface area contributed by atoms with Gasteiger partial charge >= 0.3 is 11.9 Å². The number of aliphatic hydroxyl groups excluding tert-OH is 2. The number of carboxylic acids is 2. The van der Waals surface area contributed by atoms with E-state index in [4.69, 9.17) is 5.11 Å². The van der Waals surface area contributed by atoms with Crippen LogP contribution in [0.3, 0.4) is 0 Å². The molecule has 6 aromatic carbocycles. The molecule has 2 atom stereocenters. The average Bonchev–Trinajstić information content (AvgIpc) is 3.50. The lowest BCUT2D eigenvalue weighted by atomic mass is 9.60. The van der Waals surface area contributed by atoms with Crippen LogP contribution in [0.5, 0.6) is 0 Å². The van der Waals surface area contributed by atoms with Gasteiger partial charge in [-0.2, -0.15) is 0 Å². The van der Waals surface area contributed by atoms with Crippen molar-refractivity contribution in [3.8, 4) is 11.8 Å².